The van der Waals surface area contributed by atoms with Gasteiger partial charge in [0, 0.05) is 24.5 Å². The van der Waals surface area contributed by atoms with Crippen LogP contribution in [0.15, 0.2) is 0 Å². The Morgan fingerprint density at radius 2 is 2.20 bits per heavy atom. The maximum Gasteiger partial charge on any atom is 0.239 e. The Morgan fingerprint density at radius 1 is 1.50 bits per heavy atom. The molecule has 1 aliphatic heterocycles. The first-order valence-corrected chi connectivity index (χ1v) is 7.73. The number of hydrogen-bond acceptors (Lipinski definition) is 4. The SMILES string of the molecule is CC(C)(CCN1CCOCC1C(=O)NC1CC1)C(N)=S. The third-order valence-electron chi connectivity index (χ3n) is 4.16. The summed E-state index contributed by atoms with van der Waals surface area (Å²) in [7, 11) is 0. The number of nitrogens with two attached hydrogens (primary N) is 1. The third kappa shape index (κ3) is 4.14. The summed E-state index contributed by atoms with van der Waals surface area (Å²) in [6.45, 7) is 6.86. The maximum atomic E-state index is 12.2. The fraction of sp³-hybridized carbons (Fsp3) is 0.857. The van der Waals surface area contributed by atoms with Gasteiger partial charge in [-0.1, -0.05) is 26.1 Å². The lowest BCUT2D eigenvalue weighted by Gasteiger charge is -2.36. The van der Waals surface area contributed by atoms with Gasteiger partial charge in [0.25, 0.3) is 0 Å². The molecule has 0 aromatic rings. The minimum Gasteiger partial charge on any atom is -0.393 e. The highest BCUT2D eigenvalue weighted by Crippen LogP contribution is 2.23. The van der Waals surface area contributed by atoms with E-state index in [0.717, 1.165) is 32.4 Å². The Bertz CT molecular complexity index is 383. The Morgan fingerprint density at radius 3 is 2.80 bits per heavy atom. The predicted molar refractivity (Wildman–Crippen MR) is 82.5 cm³/mol. The molecule has 20 heavy (non-hydrogen) atoms. The first-order chi connectivity index (χ1) is 9.40. The Hall–Kier alpha value is -0.720. The first kappa shape index (κ1) is 15.7. The van der Waals surface area contributed by atoms with E-state index in [4.69, 9.17) is 22.7 Å². The van der Waals surface area contributed by atoms with Crippen molar-refractivity contribution < 1.29 is 9.53 Å². The van der Waals surface area contributed by atoms with Gasteiger partial charge in [-0.2, -0.15) is 0 Å². The van der Waals surface area contributed by atoms with Crippen molar-refractivity contribution in [2.24, 2.45) is 11.1 Å². The van der Waals surface area contributed by atoms with Gasteiger partial charge in [0.15, 0.2) is 0 Å². The van der Waals surface area contributed by atoms with E-state index < -0.39 is 0 Å². The van der Waals surface area contributed by atoms with Crippen LogP contribution >= 0.6 is 12.2 Å². The zero-order valence-electron chi connectivity index (χ0n) is 12.4. The van der Waals surface area contributed by atoms with Crippen LogP contribution < -0.4 is 11.1 Å². The highest BCUT2D eigenvalue weighted by molar-refractivity contribution is 7.80. The lowest BCUT2D eigenvalue weighted by Crippen LogP contribution is -2.55. The molecule has 1 amide bonds. The molecule has 1 unspecified atom stereocenters. The molecule has 2 rings (SSSR count). The Kier molecular flexibility index (Phi) is 4.99. The fourth-order valence-corrected chi connectivity index (χ4v) is 2.32. The van der Waals surface area contributed by atoms with Crippen LogP contribution in [0, 0.1) is 5.41 Å². The highest BCUT2D eigenvalue weighted by atomic mass is 32.1. The van der Waals surface area contributed by atoms with Gasteiger partial charge in [-0.15, -0.1) is 0 Å². The van der Waals surface area contributed by atoms with E-state index >= 15 is 0 Å². The normalized spacial score (nSPS) is 24.4. The number of carbonyl (C=O) groups excluding carboxylic acids is 1. The van der Waals surface area contributed by atoms with Gasteiger partial charge < -0.3 is 15.8 Å². The Labute approximate surface area is 126 Å². The number of rotatable bonds is 6. The summed E-state index contributed by atoms with van der Waals surface area (Å²) < 4.78 is 5.46. The quantitative estimate of drug-likeness (QED) is 0.706. The number of carbonyl (C=O) groups is 1. The number of nitrogens with one attached hydrogen (secondary N) is 1. The van der Waals surface area contributed by atoms with Crippen molar-refractivity contribution in [1.82, 2.24) is 10.2 Å². The second-order valence-corrected chi connectivity index (χ2v) is 6.85. The van der Waals surface area contributed by atoms with E-state index in [1.807, 2.05) is 0 Å². The first-order valence-electron chi connectivity index (χ1n) is 7.32. The van der Waals surface area contributed by atoms with Gasteiger partial charge in [-0.3, -0.25) is 9.69 Å². The van der Waals surface area contributed by atoms with Crippen LogP contribution in [0.4, 0.5) is 0 Å². The monoisotopic (exact) mass is 299 g/mol. The van der Waals surface area contributed by atoms with Crippen molar-refractivity contribution in [1.29, 1.82) is 0 Å². The molecule has 114 valence electrons. The molecule has 0 aromatic carbocycles. The maximum absolute atomic E-state index is 12.2. The van der Waals surface area contributed by atoms with Gasteiger partial charge in [-0.05, 0) is 19.3 Å². The van der Waals surface area contributed by atoms with Gasteiger partial charge in [0.1, 0.15) is 6.04 Å². The van der Waals surface area contributed by atoms with Crippen LogP contribution in [-0.4, -0.2) is 54.2 Å². The number of morpholine rings is 1. The summed E-state index contributed by atoms with van der Waals surface area (Å²) in [5.74, 6) is 0.0975. The standard InChI is InChI=1S/C14H25N3O2S/c1-14(2,13(15)20)5-6-17-7-8-19-9-11(17)12(18)16-10-3-4-10/h10-11H,3-9H2,1-2H3,(H2,15,20)(H,16,18). The zero-order valence-corrected chi connectivity index (χ0v) is 13.2. The number of ether oxygens (including phenoxy) is 1. The number of amides is 1. The molecule has 2 fully saturated rings. The molecule has 6 heteroatoms. The topological polar surface area (TPSA) is 67.6 Å². The van der Waals surface area contributed by atoms with E-state index in [0.29, 0.717) is 24.2 Å². The molecule has 3 N–H and O–H groups in total. The van der Waals surface area contributed by atoms with Crippen LogP contribution in [0.3, 0.4) is 0 Å². The van der Waals surface area contributed by atoms with Crippen molar-refractivity contribution >= 4 is 23.1 Å². The van der Waals surface area contributed by atoms with Crippen LogP contribution in [0.1, 0.15) is 33.1 Å². The molecule has 1 atom stereocenters. The molecule has 0 spiro atoms. The van der Waals surface area contributed by atoms with Gasteiger partial charge >= 0.3 is 0 Å². The highest BCUT2D eigenvalue weighted by Gasteiger charge is 2.34. The third-order valence-corrected chi connectivity index (χ3v) is 4.71. The minimum atomic E-state index is -0.175. The minimum absolute atomic E-state index is 0.0975. The summed E-state index contributed by atoms with van der Waals surface area (Å²) in [5, 5.41) is 3.06. The van der Waals surface area contributed by atoms with E-state index in [-0.39, 0.29) is 17.4 Å². The molecular formula is C14H25N3O2S. The molecule has 2 aliphatic rings. The molecular weight excluding hydrogens is 274 g/mol. The lowest BCUT2D eigenvalue weighted by molar-refractivity contribution is -0.132. The van der Waals surface area contributed by atoms with Crippen molar-refractivity contribution in [3.63, 3.8) is 0 Å². The summed E-state index contributed by atoms with van der Waals surface area (Å²) in [6, 6.07) is 0.214. The second kappa shape index (κ2) is 6.37. The molecule has 1 saturated heterocycles. The molecule has 1 aliphatic carbocycles. The molecule has 0 aromatic heterocycles. The molecule has 0 bridgehead atoms. The van der Waals surface area contributed by atoms with E-state index in [2.05, 4.69) is 24.1 Å². The Balaban J connectivity index is 1.89. The van der Waals surface area contributed by atoms with Gasteiger partial charge in [0.05, 0.1) is 18.2 Å². The van der Waals surface area contributed by atoms with E-state index in [1.165, 1.54) is 0 Å². The summed E-state index contributed by atoms with van der Waals surface area (Å²) in [4.78, 5) is 15.0. The average Bonchev–Trinajstić information content (AvgIpc) is 3.20. The summed E-state index contributed by atoms with van der Waals surface area (Å²) >= 11 is 5.10. The molecule has 5 nitrogen and oxygen atoms in total. The number of nitrogens with zero attached hydrogens (tertiary/aromatic N) is 1. The van der Waals surface area contributed by atoms with Crippen molar-refractivity contribution in [3.8, 4) is 0 Å². The van der Waals surface area contributed by atoms with Crippen molar-refractivity contribution in [2.75, 3.05) is 26.3 Å². The summed E-state index contributed by atoms with van der Waals surface area (Å²) in [5.41, 5.74) is 5.59. The van der Waals surface area contributed by atoms with E-state index in [1.54, 1.807) is 0 Å². The summed E-state index contributed by atoms with van der Waals surface area (Å²) in [6.07, 6.45) is 3.07. The number of hydrogen-bond donors (Lipinski definition) is 2. The molecule has 0 radical (unpaired) electrons. The zero-order chi connectivity index (χ0) is 14.8. The van der Waals surface area contributed by atoms with Crippen LogP contribution in [0.2, 0.25) is 0 Å². The van der Waals surface area contributed by atoms with Crippen molar-refractivity contribution in [2.45, 2.75) is 45.2 Å². The van der Waals surface area contributed by atoms with Gasteiger partial charge in [-0.25, -0.2) is 0 Å². The predicted octanol–water partition coefficient (Wildman–Crippen LogP) is 0.668. The van der Waals surface area contributed by atoms with Crippen LogP contribution in [0.5, 0.6) is 0 Å². The van der Waals surface area contributed by atoms with Crippen LogP contribution in [0.25, 0.3) is 0 Å². The largest absolute Gasteiger partial charge is 0.393 e. The van der Waals surface area contributed by atoms with Gasteiger partial charge in [0.2, 0.25) is 5.91 Å². The fourth-order valence-electron chi connectivity index (χ4n) is 2.22. The second-order valence-electron chi connectivity index (χ2n) is 6.41. The number of thiocarbonyl (C=S) groups is 1. The smallest absolute Gasteiger partial charge is 0.239 e. The van der Waals surface area contributed by atoms with E-state index in [9.17, 15) is 4.79 Å². The van der Waals surface area contributed by atoms with Crippen molar-refractivity contribution in [3.05, 3.63) is 0 Å². The molecule has 1 heterocycles. The average molecular weight is 299 g/mol. The van der Waals surface area contributed by atoms with Crippen LogP contribution in [-0.2, 0) is 9.53 Å². The lowest BCUT2D eigenvalue weighted by atomic mass is 9.89. The molecule has 1 saturated carbocycles.